The lowest BCUT2D eigenvalue weighted by Crippen LogP contribution is -2.47. The predicted molar refractivity (Wildman–Crippen MR) is 66.0 cm³/mol. The van der Waals surface area contributed by atoms with E-state index in [4.69, 9.17) is 0 Å². The molecule has 1 N–H and O–H groups in total. The van der Waals surface area contributed by atoms with Crippen molar-refractivity contribution in [2.24, 2.45) is 5.92 Å². The molecule has 0 amide bonds. The third-order valence-corrected chi connectivity index (χ3v) is 3.91. The second kappa shape index (κ2) is 5.99. The molecule has 0 radical (unpaired) electrons. The molecule has 0 aliphatic carbocycles. The molecule has 1 saturated heterocycles. The predicted octanol–water partition coefficient (Wildman–Crippen LogP) is 1.67. The van der Waals surface area contributed by atoms with Gasteiger partial charge in [-0.3, -0.25) is 0 Å². The van der Waals surface area contributed by atoms with Gasteiger partial charge < -0.3 is 10.2 Å². The fourth-order valence-electron chi connectivity index (χ4n) is 1.82. The van der Waals surface area contributed by atoms with Crippen LogP contribution in [0, 0.1) is 5.92 Å². The summed E-state index contributed by atoms with van der Waals surface area (Å²) in [6.07, 6.45) is 1.35. The molecule has 0 saturated carbocycles. The van der Waals surface area contributed by atoms with E-state index in [9.17, 15) is 0 Å². The standard InChI is InChI=1S/C11H24N2S/c1-9(2)11(7-13(3)4)12-10-5-6-14-8-10/h9-12H,5-8H2,1-4H3. The van der Waals surface area contributed by atoms with Gasteiger partial charge in [0.25, 0.3) is 0 Å². The molecule has 14 heavy (non-hydrogen) atoms. The van der Waals surface area contributed by atoms with Gasteiger partial charge in [0.05, 0.1) is 0 Å². The molecule has 2 atom stereocenters. The Hall–Kier alpha value is 0.270. The van der Waals surface area contributed by atoms with Crippen LogP contribution >= 0.6 is 11.8 Å². The van der Waals surface area contributed by atoms with Crippen LogP contribution in [0.4, 0.5) is 0 Å². The Morgan fingerprint density at radius 3 is 2.57 bits per heavy atom. The third kappa shape index (κ3) is 4.20. The summed E-state index contributed by atoms with van der Waals surface area (Å²) in [5.41, 5.74) is 0. The number of thioether (sulfide) groups is 1. The van der Waals surface area contributed by atoms with Crippen LogP contribution in [-0.4, -0.2) is 49.1 Å². The summed E-state index contributed by atoms with van der Waals surface area (Å²) in [7, 11) is 4.31. The highest BCUT2D eigenvalue weighted by atomic mass is 32.2. The first kappa shape index (κ1) is 12.3. The van der Waals surface area contributed by atoms with Gasteiger partial charge in [-0.1, -0.05) is 13.8 Å². The molecule has 1 fully saturated rings. The minimum absolute atomic E-state index is 0.647. The van der Waals surface area contributed by atoms with Crippen LogP contribution in [0.2, 0.25) is 0 Å². The van der Waals surface area contributed by atoms with Gasteiger partial charge in [-0.25, -0.2) is 0 Å². The van der Waals surface area contributed by atoms with E-state index in [0.29, 0.717) is 6.04 Å². The molecular weight excluding hydrogens is 192 g/mol. The zero-order chi connectivity index (χ0) is 10.6. The molecule has 1 heterocycles. The van der Waals surface area contributed by atoms with Crippen LogP contribution in [0.15, 0.2) is 0 Å². The van der Waals surface area contributed by atoms with Crippen molar-refractivity contribution in [3.05, 3.63) is 0 Å². The van der Waals surface area contributed by atoms with Gasteiger partial charge in [0, 0.05) is 24.4 Å². The summed E-state index contributed by atoms with van der Waals surface area (Å²) in [4.78, 5) is 2.28. The average Bonchev–Trinajstić information content (AvgIpc) is 2.54. The smallest absolute Gasteiger partial charge is 0.0220 e. The normalized spacial score (nSPS) is 24.9. The van der Waals surface area contributed by atoms with Gasteiger partial charge in [-0.05, 0) is 32.2 Å². The zero-order valence-corrected chi connectivity index (χ0v) is 10.7. The summed E-state index contributed by atoms with van der Waals surface area (Å²) < 4.78 is 0. The van der Waals surface area contributed by atoms with Gasteiger partial charge in [-0.15, -0.1) is 0 Å². The number of hydrogen-bond acceptors (Lipinski definition) is 3. The molecule has 0 aromatic carbocycles. The topological polar surface area (TPSA) is 15.3 Å². The lowest BCUT2D eigenvalue weighted by atomic mass is 10.0. The lowest BCUT2D eigenvalue weighted by molar-refractivity contribution is 0.274. The third-order valence-electron chi connectivity index (χ3n) is 2.75. The van der Waals surface area contributed by atoms with E-state index >= 15 is 0 Å². The molecule has 1 aliphatic heterocycles. The Labute approximate surface area is 92.8 Å². The number of nitrogens with zero attached hydrogens (tertiary/aromatic N) is 1. The fraction of sp³-hybridized carbons (Fsp3) is 1.00. The van der Waals surface area contributed by atoms with Crippen LogP contribution in [-0.2, 0) is 0 Å². The Kier molecular flexibility index (Phi) is 5.28. The zero-order valence-electron chi connectivity index (χ0n) is 9.92. The maximum Gasteiger partial charge on any atom is 0.0220 e. The first-order chi connectivity index (χ1) is 6.59. The Morgan fingerprint density at radius 2 is 2.14 bits per heavy atom. The molecule has 0 bridgehead atoms. The summed E-state index contributed by atoms with van der Waals surface area (Å²) in [6, 6.07) is 1.40. The maximum absolute atomic E-state index is 3.78. The summed E-state index contributed by atoms with van der Waals surface area (Å²) in [5.74, 6) is 3.36. The molecular formula is C11H24N2S. The van der Waals surface area contributed by atoms with Crippen LogP contribution in [0.25, 0.3) is 0 Å². The molecule has 0 aromatic heterocycles. The second-order valence-corrected chi connectivity index (χ2v) is 5.99. The van der Waals surface area contributed by atoms with E-state index in [1.54, 1.807) is 0 Å². The Balaban J connectivity index is 2.33. The van der Waals surface area contributed by atoms with E-state index in [0.717, 1.165) is 18.5 Å². The van der Waals surface area contributed by atoms with E-state index in [2.05, 4.69) is 49.9 Å². The average molecular weight is 216 g/mol. The van der Waals surface area contributed by atoms with Crippen molar-refractivity contribution in [3.63, 3.8) is 0 Å². The van der Waals surface area contributed by atoms with Gasteiger partial charge in [0.2, 0.25) is 0 Å². The first-order valence-electron chi connectivity index (χ1n) is 5.58. The summed E-state index contributed by atoms with van der Waals surface area (Å²) in [5, 5.41) is 3.78. The maximum atomic E-state index is 3.78. The second-order valence-electron chi connectivity index (χ2n) is 4.84. The molecule has 0 aromatic rings. The molecule has 1 aliphatic rings. The molecule has 1 rings (SSSR count). The quantitative estimate of drug-likeness (QED) is 0.752. The van der Waals surface area contributed by atoms with Crippen molar-refractivity contribution >= 4 is 11.8 Å². The van der Waals surface area contributed by atoms with E-state index in [-0.39, 0.29) is 0 Å². The minimum atomic E-state index is 0.647. The Morgan fingerprint density at radius 1 is 1.43 bits per heavy atom. The number of hydrogen-bond donors (Lipinski definition) is 1. The monoisotopic (exact) mass is 216 g/mol. The summed E-state index contributed by atoms with van der Waals surface area (Å²) >= 11 is 2.08. The van der Waals surface area contributed by atoms with Crippen LogP contribution < -0.4 is 5.32 Å². The highest BCUT2D eigenvalue weighted by Gasteiger charge is 2.21. The fourth-order valence-corrected chi connectivity index (χ4v) is 2.98. The minimum Gasteiger partial charge on any atom is -0.309 e. The molecule has 84 valence electrons. The molecule has 0 spiro atoms. The Bertz CT molecular complexity index is 153. The van der Waals surface area contributed by atoms with E-state index < -0.39 is 0 Å². The van der Waals surface area contributed by atoms with Crippen LogP contribution in [0.3, 0.4) is 0 Å². The van der Waals surface area contributed by atoms with Crippen molar-refractivity contribution < 1.29 is 0 Å². The van der Waals surface area contributed by atoms with Crippen LogP contribution in [0.1, 0.15) is 20.3 Å². The molecule has 3 heteroatoms. The van der Waals surface area contributed by atoms with Crippen molar-refractivity contribution in [3.8, 4) is 0 Å². The van der Waals surface area contributed by atoms with Crippen molar-refractivity contribution in [1.29, 1.82) is 0 Å². The van der Waals surface area contributed by atoms with Gasteiger partial charge in [0.15, 0.2) is 0 Å². The van der Waals surface area contributed by atoms with Gasteiger partial charge >= 0.3 is 0 Å². The SMILES string of the molecule is CC(C)C(CN(C)C)NC1CCSC1. The number of rotatable bonds is 5. The van der Waals surface area contributed by atoms with E-state index in [1.807, 2.05) is 0 Å². The van der Waals surface area contributed by atoms with E-state index in [1.165, 1.54) is 17.9 Å². The molecule has 2 nitrogen and oxygen atoms in total. The summed E-state index contributed by atoms with van der Waals surface area (Å²) in [6.45, 7) is 5.77. The first-order valence-corrected chi connectivity index (χ1v) is 6.73. The van der Waals surface area contributed by atoms with Crippen molar-refractivity contribution in [2.45, 2.75) is 32.4 Å². The number of nitrogens with one attached hydrogen (secondary N) is 1. The largest absolute Gasteiger partial charge is 0.309 e. The lowest BCUT2D eigenvalue weighted by Gasteiger charge is -2.28. The van der Waals surface area contributed by atoms with Gasteiger partial charge in [0.1, 0.15) is 0 Å². The van der Waals surface area contributed by atoms with Crippen molar-refractivity contribution in [1.82, 2.24) is 10.2 Å². The van der Waals surface area contributed by atoms with Gasteiger partial charge in [-0.2, -0.15) is 11.8 Å². The highest BCUT2D eigenvalue weighted by molar-refractivity contribution is 7.99. The van der Waals surface area contributed by atoms with Crippen molar-refractivity contribution in [2.75, 3.05) is 32.1 Å². The number of likely N-dealkylation sites (N-methyl/N-ethyl adjacent to an activating group) is 1. The highest BCUT2D eigenvalue weighted by Crippen LogP contribution is 2.18. The molecule has 2 unspecified atom stereocenters. The van der Waals surface area contributed by atoms with Crippen LogP contribution in [0.5, 0.6) is 0 Å².